The molecule has 3 heteroatoms. The summed E-state index contributed by atoms with van der Waals surface area (Å²) < 4.78 is 6.02. The molecule has 0 spiro atoms. The lowest BCUT2D eigenvalue weighted by molar-refractivity contribution is 0.296. The fourth-order valence-electron chi connectivity index (χ4n) is 2.66. The van der Waals surface area contributed by atoms with Crippen LogP contribution in [-0.4, -0.2) is 32.1 Å². The zero-order valence-corrected chi connectivity index (χ0v) is 15.7. The normalized spacial score (nSPS) is 10.5. The van der Waals surface area contributed by atoms with Crippen molar-refractivity contribution >= 4 is 12.4 Å². The second-order valence-electron chi connectivity index (χ2n) is 6.31. The Labute approximate surface area is 153 Å². The van der Waals surface area contributed by atoms with Crippen LogP contribution in [0.2, 0.25) is 0 Å². The summed E-state index contributed by atoms with van der Waals surface area (Å²) in [5.41, 5.74) is 2.69. The van der Waals surface area contributed by atoms with Gasteiger partial charge in [0.1, 0.15) is 5.75 Å². The summed E-state index contributed by atoms with van der Waals surface area (Å²) >= 11 is 0. The largest absolute Gasteiger partial charge is 0.493 e. The van der Waals surface area contributed by atoms with Gasteiger partial charge in [-0.05, 0) is 69.9 Å². The van der Waals surface area contributed by atoms with Gasteiger partial charge in [0.15, 0.2) is 0 Å². The van der Waals surface area contributed by atoms with E-state index in [1.165, 1.54) is 24.0 Å². The van der Waals surface area contributed by atoms with Gasteiger partial charge in [-0.25, -0.2) is 0 Å². The first-order valence-corrected chi connectivity index (χ1v) is 8.65. The van der Waals surface area contributed by atoms with Crippen LogP contribution in [0.5, 0.6) is 5.75 Å². The lowest BCUT2D eigenvalue weighted by atomic mass is 10.0. The van der Waals surface area contributed by atoms with Crippen molar-refractivity contribution in [3.8, 4) is 5.75 Å². The molecule has 0 fully saturated rings. The number of ether oxygens (including phenoxy) is 1. The zero-order chi connectivity index (χ0) is 16.3. The zero-order valence-electron chi connectivity index (χ0n) is 14.9. The van der Waals surface area contributed by atoms with Crippen LogP contribution >= 0.6 is 12.4 Å². The van der Waals surface area contributed by atoms with Gasteiger partial charge in [0.2, 0.25) is 0 Å². The molecule has 0 aliphatic carbocycles. The van der Waals surface area contributed by atoms with Crippen molar-refractivity contribution in [1.82, 2.24) is 4.90 Å². The highest BCUT2D eigenvalue weighted by Crippen LogP contribution is 2.20. The molecule has 0 amide bonds. The first-order valence-electron chi connectivity index (χ1n) is 8.65. The summed E-state index contributed by atoms with van der Waals surface area (Å²) in [7, 11) is 4.25. The molecule has 0 radical (unpaired) electrons. The molecule has 2 nitrogen and oxygen atoms in total. The Kier molecular flexibility index (Phi) is 10.2. The second-order valence-corrected chi connectivity index (χ2v) is 6.31. The topological polar surface area (TPSA) is 12.5 Å². The van der Waals surface area contributed by atoms with E-state index in [9.17, 15) is 0 Å². The average Bonchev–Trinajstić information content (AvgIpc) is 2.57. The van der Waals surface area contributed by atoms with Crippen LogP contribution in [0.25, 0.3) is 0 Å². The number of rotatable bonds is 10. The molecule has 2 aromatic rings. The molecular weight excluding hydrogens is 318 g/mol. The third-order valence-electron chi connectivity index (χ3n) is 4.01. The molecule has 24 heavy (non-hydrogen) atoms. The summed E-state index contributed by atoms with van der Waals surface area (Å²) in [6.07, 6.45) is 5.68. The van der Waals surface area contributed by atoms with E-state index in [4.69, 9.17) is 4.74 Å². The first kappa shape index (κ1) is 20.5. The molecule has 0 atom stereocenters. The Morgan fingerprint density at radius 3 is 2.25 bits per heavy atom. The summed E-state index contributed by atoms with van der Waals surface area (Å²) in [6, 6.07) is 19.1. The maximum Gasteiger partial charge on any atom is 0.122 e. The maximum absolute atomic E-state index is 6.02. The second kappa shape index (κ2) is 11.9. The third kappa shape index (κ3) is 7.85. The van der Waals surface area contributed by atoms with Gasteiger partial charge >= 0.3 is 0 Å². The van der Waals surface area contributed by atoms with E-state index in [0.29, 0.717) is 0 Å². The van der Waals surface area contributed by atoms with Gasteiger partial charge in [0.05, 0.1) is 6.61 Å². The van der Waals surface area contributed by atoms with Crippen molar-refractivity contribution in [3.63, 3.8) is 0 Å². The number of unbranched alkanes of at least 4 members (excludes halogenated alkanes) is 2. The lowest BCUT2D eigenvalue weighted by Gasteiger charge is -2.12. The van der Waals surface area contributed by atoms with E-state index in [-0.39, 0.29) is 12.4 Å². The van der Waals surface area contributed by atoms with Gasteiger partial charge in [-0.2, -0.15) is 0 Å². The van der Waals surface area contributed by atoms with Crippen LogP contribution in [0, 0.1) is 0 Å². The van der Waals surface area contributed by atoms with Crippen molar-refractivity contribution in [2.24, 2.45) is 0 Å². The molecule has 0 saturated heterocycles. The predicted octanol–water partition coefficient (Wildman–Crippen LogP) is 5.00. The van der Waals surface area contributed by atoms with Crippen LogP contribution in [0.3, 0.4) is 0 Å². The lowest BCUT2D eigenvalue weighted by Crippen LogP contribution is -2.13. The minimum atomic E-state index is 0. The van der Waals surface area contributed by atoms with E-state index >= 15 is 0 Å². The molecule has 0 N–H and O–H groups in total. The fourth-order valence-corrected chi connectivity index (χ4v) is 2.66. The number of aryl methyl sites for hydroxylation is 2. The van der Waals surface area contributed by atoms with Gasteiger partial charge in [0, 0.05) is 0 Å². The molecule has 0 saturated carbocycles. The van der Waals surface area contributed by atoms with Crippen molar-refractivity contribution in [1.29, 1.82) is 0 Å². The Balaban J connectivity index is 0.00000288. The van der Waals surface area contributed by atoms with Gasteiger partial charge in [-0.3, -0.25) is 0 Å². The Morgan fingerprint density at radius 1 is 0.792 bits per heavy atom. The number of hydrogen-bond acceptors (Lipinski definition) is 2. The number of benzene rings is 2. The molecule has 0 bridgehead atoms. The van der Waals surface area contributed by atoms with Crippen LogP contribution in [0.15, 0.2) is 54.6 Å². The van der Waals surface area contributed by atoms with E-state index < -0.39 is 0 Å². The Morgan fingerprint density at radius 2 is 1.50 bits per heavy atom. The van der Waals surface area contributed by atoms with Crippen LogP contribution in [-0.2, 0) is 12.8 Å². The number of para-hydroxylation sites is 1. The average molecular weight is 348 g/mol. The van der Waals surface area contributed by atoms with E-state index in [2.05, 4.69) is 73.6 Å². The minimum absolute atomic E-state index is 0. The number of nitrogens with zero attached hydrogens (tertiary/aromatic N) is 1. The third-order valence-corrected chi connectivity index (χ3v) is 4.01. The first-order chi connectivity index (χ1) is 11.3. The molecule has 0 aliphatic heterocycles. The molecule has 0 unspecified atom stereocenters. The molecule has 0 aliphatic rings. The van der Waals surface area contributed by atoms with Gasteiger partial charge < -0.3 is 9.64 Å². The molecule has 2 rings (SSSR count). The van der Waals surface area contributed by atoms with Crippen molar-refractivity contribution < 1.29 is 4.74 Å². The SMILES string of the molecule is CN(C)CCCCCOc1ccccc1CCc1ccccc1.Cl. The van der Waals surface area contributed by atoms with Crippen molar-refractivity contribution in [2.75, 3.05) is 27.2 Å². The Hall–Kier alpha value is -1.51. The number of hydrogen-bond donors (Lipinski definition) is 0. The molecule has 0 heterocycles. The monoisotopic (exact) mass is 347 g/mol. The van der Waals surface area contributed by atoms with Gasteiger partial charge in [0.25, 0.3) is 0 Å². The fraction of sp³-hybridized carbons (Fsp3) is 0.429. The van der Waals surface area contributed by atoms with Crippen LogP contribution < -0.4 is 4.74 Å². The van der Waals surface area contributed by atoms with Gasteiger partial charge in [-0.1, -0.05) is 48.5 Å². The maximum atomic E-state index is 6.02. The number of halogens is 1. The smallest absolute Gasteiger partial charge is 0.122 e. The highest BCUT2D eigenvalue weighted by atomic mass is 35.5. The van der Waals surface area contributed by atoms with E-state index in [1.54, 1.807) is 0 Å². The summed E-state index contributed by atoms with van der Waals surface area (Å²) in [5, 5.41) is 0. The summed E-state index contributed by atoms with van der Waals surface area (Å²) in [4.78, 5) is 2.24. The quantitative estimate of drug-likeness (QED) is 0.560. The molecular formula is C21H30ClNO. The van der Waals surface area contributed by atoms with E-state index in [0.717, 1.165) is 38.2 Å². The summed E-state index contributed by atoms with van der Waals surface area (Å²) in [6.45, 7) is 1.98. The highest BCUT2D eigenvalue weighted by molar-refractivity contribution is 5.85. The van der Waals surface area contributed by atoms with Crippen LogP contribution in [0.1, 0.15) is 30.4 Å². The molecule has 2 aromatic carbocycles. The molecule has 0 aromatic heterocycles. The van der Waals surface area contributed by atoms with E-state index in [1.807, 2.05) is 0 Å². The van der Waals surface area contributed by atoms with Crippen molar-refractivity contribution in [3.05, 3.63) is 65.7 Å². The van der Waals surface area contributed by atoms with Crippen LogP contribution in [0.4, 0.5) is 0 Å². The molecule has 132 valence electrons. The minimum Gasteiger partial charge on any atom is -0.493 e. The van der Waals surface area contributed by atoms with Crippen molar-refractivity contribution in [2.45, 2.75) is 32.1 Å². The van der Waals surface area contributed by atoms with Gasteiger partial charge in [-0.15, -0.1) is 12.4 Å². The standard InChI is InChI=1S/C21H29NO.ClH/c1-22(2)17-9-4-10-18-23-21-14-8-7-13-20(21)16-15-19-11-5-3-6-12-19;/h3,5-8,11-14H,4,9-10,15-18H2,1-2H3;1H. The Bertz CT molecular complexity index is 557. The predicted molar refractivity (Wildman–Crippen MR) is 105 cm³/mol. The summed E-state index contributed by atoms with van der Waals surface area (Å²) in [5.74, 6) is 1.05. The highest BCUT2D eigenvalue weighted by Gasteiger charge is 2.03.